The Balaban J connectivity index is 1.28. The van der Waals surface area contributed by atoms with Crippen LogP contribution in [0.5, 0.6) is 0 Å². The second-order valence-corrected chi connectivity index (χ2v) is 13.7. The van der Waals surface area contributed by atoms with E-state index in [0.29, 0.717) is 30.9 Å². The lowest BCUT2D eigenvalue weighted by molar-refractivity contribution is -0.130. The number of ether oxygens (including phenoxy) is 1. The molecule has 4 aromatic rings. The zero-order valence-corrected chi connectivity index (χ0v) is 28.7. The van der Waals surface area contributed by atoms with E-state index >= 15 is 0 Å². The first-order valence-electron chi connectivity index (χ1n) is 16.7. The number of tetrazole rings is 1. The summed E-state index contributed by atoms with van der Waals surface area (Å²) in [6.07, 6.45) is 2.58. The molecule has 13 nitrogen and oxygen atoms in total. The highest BCUT2D eigenvalue weighted by atomic mass is 16.6. The third-order valence-corrected chi connectivity index (χ3v) is 8.71. The Morgan fingerprint density at radius 3 is 2.34 bits per heavy atom. The van der Waals surface area contributed by atoms with E-state index in [9.17, 15) is 24.3 Å². The number of aromatic amines is 1. The van der Waals surface area contributed by atoms with E-state index in [1.807, 2.05) is 52.0 Å². The fourth-order valence-electron chi connectivity index (χ4n) is 6.11. The van der Waals surface area contributed by atoms with Crippen LogP contribution in [0.2, 0.25) is 0 Å². The summed E-state index contributed by atoms with van der Waals surface area (Å²) in [4.78, 5) is 51.0. The number of hydrogen-bond donors (Lipinski definition) is 5. The molecule has 3 aromatic carbocycles. The van der Waals surface area contributed by atoms with Crippen LogP contribution in [0, 0.1) is 18.8 Å². The predicted molar refractivity (Wildman–Crippen MR) is 187 cm³/mol. The van der Waals surface area contributed by atoms with Gasteiger partial charge in [-0.25, -0.2) is 14.7 Å². The van der Waals surface area contributed by atoms with Crippen molar-refractivity contribution in [2.24, 2.45) is 11.8 Å². The molecule has 13 heteroatoms. The maximum Gasteiger partial charge on any atom is 0.407 e. The van der Waals surface area contributed by atoms with E-state index < -0.39 is 23.7 Å². The number of anilines is 1. The number of carbonyl (C=O) groups is 4. The molecule has 1 fully saturated rings. The van der Waals surface area contributed by atoms with E-state index in [1.165, 1.54) is 0 Å². The number of benzene rings is 3. The minimum absolute atomic E-state index is 0.187. The van der Waals surface area contributed by atoms with Gasteiger partial charge in [-0.3, -0.25) is 9.59 Å². The number of nitrogens with zero attached hydrogens (tertiary/aromatic N) is 3. The van der Waals surface area contributed by atoms with E-state index in [4.69, 9.17) is 4.74 Å². The summed E-state index contributed by atoms with van der Waals surface area (Å²) in [5.74, 6) is -1.08. The third kappa shape index (κ3) is 9.74. The summed E-state index contributed by atoms with van der Waals surface area (Å²) < 4.78 is 5.34. The Kier molecular flexibility index (Phi) is 11.2. The third-order valence-electron chi connectivity index (χ3n) is 8.71. The second-order valence-electron chi connectivity index (χ2n) is 13.7. The molecule has 1 atom stereocenters. The van der Waals surface area contributed by atoms with E-state index in [2.05, 4.69) is 36.6 Å². The molecule has 0 unspecified atom stereocenters. The number of aromatic nitrogens is 4. The standard InChI is InChI=1S/C37H43N7O6/c1-22-18-28(35(47)48)14-17-30(22)27-7-5-6-24(19-27)20-31(34(46)39-29-15-12-25(13-16-29)32-41-43-44-42-32)40-33(45)26-10-8-23(9-11-26)21-38-36(49)50-37(2,3)4/h5-7,12-19,23,26,31H,8-11,20-21H2,1-4H3,(H,38,49)(H,39,46)(H,40,45)(H,47,48)(H,41,42,43,44)/t23-,26-,31-/m0/s1. The van der Waals surface area contributed by atoms with Crippen molar-refractivity contribution >= 4 is 29.6 Å². The molecule has 0 saturated heterocycles. The monoisotopic (exact) mass is 681 g/mol. The SMILES string of the molecule is Cc1cc(C(=O)O)ccc1-c1cccc(C[C@H](NC(=O)[C@H]2CC[C@H](CNC(=O)OC(C)(C)C)CC2)C(=O)Nc2ccc(-c3nnn[nH]3)cc2)c1. The number of hydrogen-bond acceptors (Lipinski definition) is 8. The van der Waals surface area contributed by atoms with Crippen molar-refractivity contribution in [3.63, 3.8) is 0 Å². The van der Waals surface area contributed by atoms with Crippen LogP contribution in [0.1, 0.15) is 67.9 Å². The molecule has 50 heavy (non-hydrogen) atoms. The van der Waals surface area contributed by atoms with Crippen LogP contribution in [0.4, 0.5) is 10.5 Å². The summed E-state index contributed by atoms with van der Waals surface area (Å²) in [6.45, 7) is 7.79. The number of carbonyl (C=O) groups excluding carboxylic acids is 3. The van der Waals surface area contributed by atoms with Crippen molar-refractivity contribution in [1.82, 2.24) is 31.3 Å². The van der Waals surface area contributed by atoms with Crippen LogP contribution in [-0.4, -0.2) is 67.8 Å². The fourth-order valence-corrected chi connectivity index (χ4v) is 6.11. The van der Waals surface area contributed by atoms with Crippen molar-refractivity contribution in [2.75, 3.05) is 11.9 Å². The molecule has 1 saturated carbocycles. The first-order chi connectivity index (χ1) is 23.8. The topological polar surface area (TPSA) is 188 Å². The minimum atomic E-state index is -0.992. The zero-order valence-electron chi connectivity index (χ0n) is 28.7. The fraction of sp³-hybridized carbons (Fsp3) is 0.378. The molecule has 0 bridgehead atoms. The van der Waals surface area contributed by atoms with Crippen LogP contribution in [0.15, 0.2) is 66.7 Å². The van der Waals surface area contributed by atoms with Crippen LogP contribution in [0.25, 0.3) is 22.5 Å². The second kappa shape index (κ2) is 15.7. The van der Waals surface area contributed by atoms with Crippen LogP contribution in [-0.2, 0) is 20.7 Å². The highest BCUT2D eigenvalue weighted by Crippen LogP contribution is 2.30. The lowest BCUT2D eigenvalue weighted by atomic mass is 9.81. The Morgan fingerprint density at radius 1 is 0.960 bits per heavy atom. The average molecular weight is 682 g/mol. The highest BCUT2D eigenvalue weighted by molar-refractivity contribution is 5.98. The summed E-state index contributed by atoms with van der Waals surface area (Å²) in [5.41, 5.74) is 4.32. The van der Waals surface area contributed by atoms with Crippen molar-refractivity contribution in [3.05, 3.63) is 83.4 Å². The van der Waals surface area contributed by atoms with E-state index in [0.717, 1.165) is 40.7 Å². The van der Waals surface area contributed by atoms with Crippen molar-refractivity contribution in [3.8, 4) is 22.5 Å². The summed E-state index contributed by atoms with van der Waals surface area (Å²) in [5, 5.41) is 32.0. The predicted octanol–water partition coefficient (Wildman–Crippen LogP) is 5.54. The first kappa shape index (κ1) is 35.7. The van der Waals surface area contributed by atoms with Crippen molar-refractivity contribution < 1.29 is 29.0 Å². The highest BCUT2D eigenvalue weighted by Gasteiger charge is 2.30. The maximum atomic E-state index is 13.8. The molecule has 5 N–H and O–H groups in total. The van der Waals surface area contributed by atoms with Crippen LogP contribution < -0.4 is 16.0 Å². The largest absolute Gasteiger partial charge is 0.478 e. The van der Waals surface area contributed by atoms with Gasteiger partial charge in [0.15, 0.2) is 5.82 Å². The Morgan fingerprint density at radius 2 is 1.70 bits per heavy atom. The van der Waals surface area contributed by atoms with Gasteiger partial charge in [-0.15, -0.1) is 5.10 Å². The van der Waals surface area contributed by atoms with Crippen LogP contribution in [0.3, 0.4) is 0 Å². The maximum absolute atomic E-state index is 13.8. The van der Waals surface area contributed by atoms with Gasteiger partial charge in [0.2, 0.25) is 11.8 Å². The van der Waals surface area contributed by atoms with Crippen LogP contribution >= 0.6 is 0 Å². The number of H-pyrrole nitrogens is 1. The lowest BCUT2D eigenvalue weighted by Gasteiger charge is -2.29. The number of aryl methyl sites for hydroxylation is 1. The van der Waals surface area contributed by atoms with Gasteiger partial charge >= 0.3 is 12.1 Å². The molecule has 1 heterocycles. The zero-order chi connectivity index (χ0) is 35.8. The Hall–Kier alpha value is -5.59. The quantitative estimate of drug-likeness (QED) is 0.135. The Bertz CT molecular complexity index is 1810. The van der Waals surface area contributed by atoms with Gasteiger partial charge in [-0.05, 0) is 128 Å². The minimum Gasteiger partial charge on any atom is -0.478 e. The van der Waals surface area contributed by atoms with Gasteiger partial charge in [0.05, 0.1) is 5.56 Å². The number of nitrogens with one attached hydrogen (secondary N) is 4. The smallest absolute Gasteiger partial charge is 0.407 e. The normalized spacial score (nSPS) is 16.6. The number of carboxylic acids is 1. The molecule has 1 aliphatic carbocycles. The van der Waals surface area contributed by atoms with E-state index in [-0.39, 0.29) is 35.6 Å². The molecule has 262 valence electrons. The lowest BCUT2D eigenvalue weighted by Crippen LogP contribution is -2.48. The van der Waals surface area contributed by atoms with Gasteiger partial charge in [0, 0.05) is 30.1 Å². The van der Waals surface area contributed by atoms with Gasteiger partial charge in [0.1, 0.15) is 11.6 Å². The molecule has 1 aliphatic rings. The molecule has 0 aliphatic heterocycles. The number of carboxylic acid groups (broad SMARTS) is 1. The molecule has 0 spiro atoms. The van der Waals surface area contributed by atoms with Crippen molar-refractivity contribution in [2.45, 2.75) is 71.4 Å². The first-order valence-corrected chi connectivity index (χ1v) is 16.7. The summed E-state index contributed by atoms with van der Waals surface area (Å²) >= 11 is 0. The molecule has 5 rings (SSSR count). The Labute approximate surface area is 290 Å². The molecular formula is C37H43N7O6. The number of alkyl carbamates (subject to hydrolysis) is 1. The number of aromatic carboxylic acids is 1. The molecule has 0 radical (unpaired) electrons. The van der Waals surface area contributed by atoms with Gasteiger partial charge in [0.25, 0.3) is 0 Å². The van der Waals surface area contributed by atoms with E-state index in [1.54, 1.807) is 42.5 Å². The van der Waals surface area contributed by atoms with Gasteiger partial charge in [-0.1, -0.05) is 30.3 Å². The summed E-state index contributed by atoms with van der Waals surface area (Å²) in [6, 6.07) is 18.8. The molecule has 3 amide bonds. The van der Waals surface area contributed by atoms with Crippen molar-refractivity contribution in [1.29, 1.82) is 0 Å². The average Bonchev–Trinajstić information content (AvgIpc) is 3.62. The summed E-state index contributed by atoms with van der Waals surface area (Å²) in [7, 11) is 0. The number of amides is 3. The number of rotatable bonds is 11. The molecular weight excluding hydrogens is 638 g/mol. The molecule has 1 aromatic heterocycles. The van der Waals surface area contributed by atoms with Gasteiger partial charge in [-0.2, -0.15) is 0 Å². The van der Waals surface area contributed by atoms with Gasteiger partial charge < -0.3 is 25.8 Å².